The Bertz CT molecular complexity index is 1440. The molecular formula is C32H38F3NO4S. The topological polar surface area (TPSA) is 72.5 Å². The molecular weight excluding hydrogens is 551 g/mol. The van der Waals surface area contributed by atoms with E-state index in [0.717, 1.165) is 61.0 Å². The van der Waals surface area contributed by atoms with Crippen LogP contribution in [0.15, 0.2) is 65.6 Å². The summed E-state index contributed by atoms with van der Waals surface area (Å²) < 4.78 is 72.9. The van der Waals surface area contributed by atoms with Gasteiger partial charge < -0.3 is 9.53 Å². The van der Waals surface area contributed by atoms with E-state index in [0.29, 0.717) is 29.2 Å². The number of alkyl halides is 3. The van der Waals surface area contributed by atoms with Crippen molar-refractivity contribution in [3.05, 3.63) is 82.9 Å². The van der Waals surface area contributed by atoms with Gasteiger partial charge in [-0.15, -0.1) is 0 Å². The number of carbonyl (C=O) groups excluding carboxylic acids is 1. The monoisotopic (exact) mass is 589 g/mol. The van der Waals surface area contributed by atoms with E-state index < -0.39 is 27.2 Å². The Hall–Kier alpha value is -3.17. The van der Waals surface area contributed by atoms with Gasteiger partial charge >= 0.3 is 6.18 Å². The van der Waals surface area contributed by atoms with Gasteiger partial charge in [0.2, 0.25) is 0 Å². The predicted molar refractivity (Wildman–Crippen MR) is 157 cm³/mol. The molecule has 0 heterocycles. The minimum Gasteiger partial charge on any atom is -0.385 e. The summed E-state index contributed by atoms with van der Waals surface area (Å²) in [6.07, 6.45) is -0.617. The molecule has 1 aliphatic rings. The van der Waals surface area contributed by atoms with Crippen LogP contribution in [0.5, 0.6) is 0 Å². The van der Waals surface area contributed by atoms with Gasteiger partial charge in [-0.2, -0.15) is 13.2 Å². The van der Waals surface area contributed by atoms with Gasteiger partial charge in [-0.05, 0) is 102 Å². The lowest BCUT2D eigenvalue weighted by atomic mass is 9.82. The largest absolute Gasteiger partial charge is 0.416 e. The lowest BCUT2D eigenvalue weighted by molar-refractivity contribution is -0.137. The quantitative estimate of drug-likeness (QED) is 0.285. The molecule has 4 rings (SSSR count). The minimum atomic E-state index is -4.41. The molecule has 0 aromatic heterocycles. The Labute approximate surface area is 241 Å². The summed E-state index contributed by atoms with van der Waals surface area (Å²) in [6, 6.07) is 15.2. The lowest BCUT2D eigenvalue weighted by Gasteiger charge is -2.25. The number of aryl methyl sites for hydroxylation is 1. The first-order chi connectivity index (χ1) is 19.2. The molecule has 0 bridgehead atoms. The van der Waals surface area contributed by atoms with Crippen molar-refractivity contribution in [2.45, 2.75) is 69.9 Å². The molecule has 3 aromatic rings. The second kappa shape index (κ2) is 13.2. The zero-order chi connectivity index (χ0) is 30.4. The summed E-state index contributed by atoms with van der Waals surface area (Å²) >= 11 is 0. The first-order valence-electron chi connectivity index (χ1n) is 13.6. The van der Waals surface area contributed by atoms with Gasteiger partial charge in [0, 0.05) is 20.1 Å². The Morgan fingerprint density at radius 2 is 1.59 bits per heavy atom. The zero-order valence-corrected chi connectivity index (χ0v) is 25.0. The third kappa shape index (κ3) is 8.42. The fourth-order valence-corrected chi connectivity index (χ4v) is 5.93. The molecule has 1 atom stereocenters. The van der Waals surface area contributed by atoms with Gasteiger partial charge in [0.1, 0.15) is 6.29 Å². The van der Waals surface area contributed by atoms with E-state index in [9.17, 15) is 26.4 Å². The number of carbonyl (C=O) groups is 1. The summed E-state index contributed by atoms with van der Waals surface area (Å²) in [4.78, 5) is 11.0. The Morgan fingerprint density at radius 1 is 0.951 bits per heavy atom. The van der Waals surface area contributed by atoms with E-state index in [1.807, 2.05) is 39.8 Å². The smallest absolute Gasteiger partial charge is 0.385 e. The molecule has 0 saturated carbocycles. The second-order valence-electron chi connectivity index (χ2n) is 11.2. The van der Waals surface area contributed by atoms with E-state index in [4.69, 9.17) is 0 Å². The average molecular weight is 590 g/mol. The number of nitrogens with one attached hydrogen (secondary N) is 1. The van der Waals surface area contributed by atoms with Gasteiger partial charge in [-0.25, -0.2) is 8.42 Å². The van der Waals surface area contributed by atoms with Crippen LogP contribution in [-0.2, 0) is 44.0 Å². The highest BCUT2D eigenvalue weighted by atomic mass is 32.2. The van der Waals surface area contributed by atoms with Crippen LogP contribution >= 0.6 is 0 Å². The molecule has 0 saturated heterocycles. The molecule has 0 spiro atoms. The van der Waals surface area contributed by atoms with Gasteiger partial charge in [0.15, 0.2) is 0 Å². The van der Waals surface area contributed by atoms with E-state index in [2.05, 4.69) is 9.46 Å². The summed E-state index contributed by atoms with van der Waals surface area (Å²) in [5, 5.41) is 0. The third-order valence-electron chi connectivity index (χ3n) is 7.15. The van der Waals surface area contributed by atoms with Gasteiger partial charge in [-0.3, -0.25) is 4.72 Å². The van der Waals surface area contributed by atoms with Crippen molar-refractivity contribution in [3.63, 3.8) is 0 Å². The number of hydrogen-bond acceptors (Lipinski definition) is 4. The molecule has 1 N–H and O–H groups in total. The Kier molecular flexibility index (Phi) is 10.4. The van der Waals surface area contributed by atoms with E-state index >= 15 is 0 Å². The third-order valence-corrected chi connectivity index (χ3v) is 8.52. The summed E-state index contributed by atoms with van der Waals surface area (Å²) in [7, 11) is -2.20. The SMILES string of the molecule is CC(C)(C)c1cc(-c2ccc(C(F)(F)F)cc2)ccc1NS(=O)(=O)c1ccc2c(c1)CCC(CC=O)C2.CCOC. The van der Waals surface area contributed by atoms with Crippen LogP contribution in [-0.4, -0.2) is 28.4 Å². The van der Waals surface area contributed by atoms with Gasteiger partial charge in [0.25, 0.3) is 10.0 Å². The van der Waals surface area contributed by atoms with Crippen LogP contribution in [0, 0.1) is 5.92 Å². The number of halogens is 3. The second-order valence-corrected chi connectivity index (χ2v) is 12.9. The normalized spacial score (nSPS) is 15.4. The fraction of sp³-hybridized carbons (Fsp3) is 0.406. The first kappa shape index (κ1) is 32.3. The van der Waals surface area contributed by atoms with Crippen LogP contribution in [0.4, 0.5) is 18.9 Å². The van der Waals surface area contributed by atoms with Crippen LogP contribution in [0.3, 0.4) is 0 Å². The molecule has 9 heteroatoms. The number of sulfonamides is 1. The number of hydrogen-bond donors (Lipinski definition) is 1. The van der Waals surface area contributed by atoms with Crippen molar-refractivity contribution < 1.29 is 31.1 Å². The molecule has 0 fully saturated rings. The van der Waals surface area contributed by atoms with Crippen LogP contribution in [0.1, 0.15) is 62.8 Å². The van der Waals surface area contributed by atoms with Crippen molar-refractivity contribution in [1.82, 2.24) is 0 Å². The van der Waals surface area contributed by atoms with E-state index in [1.165, 1.54) is 12.1 Å². The first-order valence-corrected chi connectivity index (χ1v) is 15.1. The molecule has 0 radical (unpaired) electrons. The average Bonchev–Trinajstić information content (AvgIpc) is 2.92. The Balaban J connectivity index is 0.00000108. The lowest BCUT2D eigenvalue weighted by Crippen LogP contribution is -2.20. The number of ether oxygens (including phenoxy) is 1. The highest BCUT2D eigenvalue weighted by molar-refractivity contribution is 7.92. The van der Waals surface area contributed by atoms with Crippen molar-refractivity contribution in [3.8, 4) is 11.1 Å². The molecule has 222 valence electrons. The van der Waals surface area contributed by atoms with E-state index in [1.54, 1.807) is 31.4 Å². The van der Waals surface area contributed by atoms with Crippen molar-refractivity contribution >= 4 is 22.0 Å². The van der Waals surface area contributed by atoms with Crippen LogP contribution < -0.4 is 4.72 Å². The molecule has 3 aromatic carbocycles. The Morgan fingerprint density at radius 3 is 2.15 bits per heavy atom. The summed E-state index contributed by atoms with van der Waals surface area (Å²) in [5.41, 5.74) is 3.35. The number of rotatable bonds is 7. The summed E-state index contributed by atoms with van der Waals surface area (Å²) in [6.45, 7) is 8.63. The van der Waals surface area contributed by atoms with Crippen molar-refractivity contribution in [2.24, 2.45) is 5.92 Å². The van der Waals surface area contributed by atoms with Crippen LogP contribution in [0.2, 0.25) is 0 Å². The minimum absolute atomic E-state index is 0.173. The molecule has 0 amide bonds. The number of fused-ring (bicyclic) bond motifs is 1. The maximum Gasteiger partial charge on any atom is 0.416 e. The standard InChI is InChI=1S/C29H30F3NO3S.C3H8O/c1-28(2,3)26-18-23(20-6-10-24(11-7-20)29(30,31)32)9-13-27(26)33-37(35,36)25-12-8-21-16-19(14-15-34)4-5-22(21)17-25;1-3-4-2/h6-13,15,17-19,33H,4-5,14,16H2,1-3H3;3H2,1-2H3. The molecule has 0 aliphatic heterocycles. The summed E-state index contributed by atoms with van der Waals surface area (Å²) in [5.74, 6) is 0.295. The van der Waals surface area contributed by atoms with E-state index in [-0.39, 0.29) is 4.90 Å². The van der Waals surface area contributed by atoms with Crippen molar-refractivity contribution in [2.75, 3.05) is 18.4 Å². The number of methoxy groups -OCH3 is 1. The number of benzene rings is 3. The molecule has 41 heavy (non-hydrogen) atoms. The molecule has 1 unspecified atom stereocenters. The maximum absolute atomic E-state index is 13.4. The zero-order valence-electron chi connectivity index (χ0n) is 24.1. The molecule has 5 nitrogen and oxygen atoms in total. The maximum atomic E-state index is 13.4. The number of aldehydes is 1. The fourth-order valence-electron chi connectivity index (χ4n) is 4.80. The predicted octanol–water partition coefficient (Wildman–Crippen LogP) is 7.82. The highest BCUT2D eigenvalue weighted by Gasteiger charge is 2.30. The highest BCUT2D eigenvalue weighted by Crippen LogP contribution is 2.37. The van der Waals surface area contributed by atoms with Gasteiger partial charge in [-0.1, -0.05) is 45.0 Å². The van der Waals surface area contributed by atoms with Gasteiger partial charge in [0.05, 0.1) is 16.1 Å². The van der Waals surface area contributed by atoms with Crippen LogP contribution in [0.25, 0.3) is 11.1 Å². The molecule has 1 aliphatic carbocycles. The van der Waals surface area contributed by atoms with Crippen molar-refractivity contribution in [1.29, 1.82) is 0 Å². The number of anilines is 1.